The second-order valence-corrected chi connectivity index (χ2v) is 8.02. The van der Waals surface area contributed by atoms with Crippen LogP contribution < -0.4 is 10.1 Å². The van der Waals surface area contributed by atoms with Gasteiger partial charge in [0.15, 0.2) is 0 Å². The van der Waals surface area contributed by atoms with Gasteiger partial charge in [-0.15, -0.1) is 0 Å². The number of carbonyl (C=O) groups is 1. The van der Waals surface area contributed by atoms with E-state index in [4.69, 9.17) is 4.74 Å². The lowest BCUT2D eigenvalue weighted by molar-refractivity contribution is 0.0793. The van der Waals surface area contributed by atoms with Crippen molar-refractivity contribution < 1.29 is 9.53 Å². The van der Waals surface area contributed by atoms with Crippen LogP contribution in [-0.2, 0) is 0 Å². The third-order valence-electron chi connectivity index (χ3n) is 6.50. The number of methoxy groups -OCH3 is 1. The first-order chi connectivity index (χ1) is 13.8. The monoisotopic (exact) mass is 374 g/mol. The van der Waals surface area contributed by atoms with Crippen LogP contribution in [0.2, 0.25) is 0 Å². The molecule has 0 aromatic heterocycles. The van der Waals surface area contributed by atoms with Gasteiger partial charge in [-0.25, -0.2) is 0 Å². The van der Waals surface area contributed by atoms with Crippen molar-refractivity contribution in [2.24, 2.45) is 5.92 Å². The van der Waals surface area contributed by atoms with E-state index in [9.17, 15) is 4.79 Å². The summed E-state index contributed by atoms with van der Waals surface area (Å²) in [6.45, 7) is 1.74. The van der Waals surface area contributed by atoms with E-state index in [1.54, 1.807) is 7.11 Å². The Balaban J connectivity index is 1.55. The van der Waals surface area contributed by atoms with Gasteiger partial charge in [0.05, 0.1) is 24.4 Å². The summed E-state index contributed by atoms with van der Waals surface area (Å²) < 4.78 is 5.32. The normalized spacial score (nSPS) is 25.2. The van der Waals surface area contributed by atoms with Crippen molar-refractivity contribution in [3.8, 4) is 5.75 Å². The smallest absolute Gasteiger partial charge is 0.255 e. The van der Waals surface area contributed by atoms with Gasteiger partial charge in [0.25, 0.3) is 5.91 Å². The number of amides is 1. The van der Waals surface area contributed by atoms with Gasteiger partial charge in [-0.05, 0) is 54.5 Å². The highest BCUT2D eigenvalue weighted by Crippen LogP contribution is 2.50. The van der Waals surface area contributed by atoms with E-state index in [0.717, 1.165) is 49.4 Å². The predicted octanol–water partition coefficient (Wildman–Crippen LogP) is 4.76. The van der Waals surface area contributed by atoms with Gasteiger partial charge in [-0.1, -0.05) is 36.4 Å². The quantitative estimate of drug-likeness (QED) is 0.788. The lowest BCUT2D eigenvalue weighted by Crippen LogP contribution is -2.33. The maximum atomic E-state index is 13.2. The van der Waals surface area contributed by atoms with E-state index in [0.29, 0.717) is 11.8 Å². The first-order valence-electron chi connectivity index (χ1n) is 10.3. The maximum absolute atomic E-state index is 13.2. The Morgan fingerprint density at radius 3 is 2.64 bits per heavy atom. The highest BCUT2D eigenvalue weighted by molar-refractivity contribution is 6.01. The number of hydrogen-bond donors (Lipinski definition) is 1. The fraction of sp³-hybridized carbons (Fsp3) is 0.375. The van der Waals surface area contributed by atoms with Gasteiger partial charge in [0.1, 0.15) is 5.75 Å². The van der Waals surface area contributed by atoms with Crippen LogP contribution in [0.5, 0.6) is 5.75 Å². The molecule has 5 rings (SSSR count). The molecule has 4 nitrogen and oxygen atoms in total. The molecule has 2 aromatic rings. The predicted molar refractivity (Wildman–Crippen MR) is 111 cm³/mol. The molecule has 0 saturated carbocycles. The summed E-state index contributed by atoms with van der Waals surface area (Å²) in [6.07, 6.45) is 7.88. The number of ether oxygens (including phenoxy) is 1. The Kier molecular flexibility index (Phi) is 4.34. The first kappa shape index (κ1) is 17.4. The highest BCUT2D eigenvalue weighted by Gasteiger charge is 2.39. The number of allylic oxidation sites excluding steroid dienone is 2. The highest BCUT2D eigenvalue weighted by atomic mass is 16.5. The van der Waals surface area contributed by atoms with Crippen LogP contribution in [0.1, 0.15) is 52.7 Å². The van der Waals surface area contributed by atoms with E-state index in [1.165, 1.54) is 11.1 Å². The van der Waals surface area contributed by atoms with Crippen LogP contribution in [0.4, 0.5) is 5.69 Å². The molecule has 2 aromatic carbocycles. The van der Waals surface area contributed by atoms with Gasteiger partial charge in [0.2, 0.25) is 0 Å². The molecule has 4 heteroatoms. The molecule has 28 heavy (non-hydrogen) atoms. The van der Waals surface area contributed by atoms with Crippen LogP contribution in [0.25, 0.3) is 0 Å². The zero-order valence-electron chi connectivity index (χ0n) is 16.2. The Bertz CT molecular complexity index is 913. The Labute approximate surface area is 166 Å². The third-order valence-corrected chi connectivity index (χ3v) is 6.50. The Morgan fingerprint density at radius 1 is 1.11 bits per heavy atom. The molecule has 1 N–H and O–H groups in total. The molecular formula is C24H26N2O2. The number of carbonyl (C=O) groups excluding carboxylic acids is 1. The lowest BCUT2D eigenvalue weighted by atomic mass is 9.76. The van der Waals surface area contributed by atoms with E-state index >= 15 is 0 Å². The molecule has 3 unspecified atom stereocenters. The molecule has 3 atom stereocenters. The fourth-order valence-electron chi connectivity index (χ4n) is 5.03. The summed E-state index contributed by atoms with van der Waals surface area (Å²) in [5.41, 5.74) is 4.34. The minimum absolute atomic E-state index is 0.163. The molecule has 0 spiro atoms. The van der Waals surface area contributed by atoms with Crippen molar-refractivity contribution >= 4 is 11.6 Å². The number of nitrogens with one attached hydrogen (secondary N) is 1. The van der Waals surface area contributed by atoms with Crippen molar-refractivity contribution in [2.75, 3.05) is 25.5 Å². The Morgan fingerprint density at radius 2 is 1.89 bits per heavy atom. The number of fused-ring (bicyclic) bond motifs is 3. The van der Waals surface area contributed by atoms with Crippen molar-refractivity contribution in [3.63, 3.8) is 0 Å². The molecule has 1 amide bonds. The number of nitrogens with zero attached hydrogens (tertiary/aromatic N) is 1. The van der Waals surface area contributed by atoms with Crippen molar-refractivity contribution in [1.29, 1.82) is 0 Å². The molecule has 144 valence electrons. The number of benzene rings is 2. The van der Waals surface area contributed by atoms with E-state index in [-0.39, 0.29) is 11.9 Å². The minimum Gasteiger partial charge on any atom is -0.497 e. The maximum Gasteiger partial charge on any atom is 0.255 e. The van der Waals surface area contributed by atoms with E-state index in [1.807, 2.05) is 29.2 Å². The summed E-state index contributed by atoms with van der Waals surface area (Å²) in [6, 6.07) is 14.7. The van der Waals surface area contributed by atoms with Gasteiger partial charge in [-0.3, -0.25) is 4.79 Å². The van der Waals surface area contributed by atoms with Crippen LogP contribution in [0.3, 0.4) is 0 Å². The molecule has 1 fully saturated rings. The molecule has 2 aliphatic heterocycles. The first-order valence-corrected chi connectivity index (χ1v) is 10.3. The molecule has 3 aliphatic rings. The fourth-order valence-corrected chi connectivity index (χ4v) is 5.03. The number of anilines is 1. The van der Waals surface area contributed by atoms with E-state index in [2.05, 4.69) is 35.7 Å². The zero-order chi connectivity index (χ0) is 19.1. The van der Waals surface area contributed by atoms with Crippen molar-refractivity contribution in [1.82, 2.24) is 4.90 Å². The molecule has 1 aliphatic carbocycles. The van der Waals surface area contributed by atoms with Crippen LogP contribution >= 0.6 is 0 Å². The van der Waals surface area contributed by atoms with Crippen LogP contribution in [-0.4, -0.2) is 31.0 Å². The van der Waals surface area contributed by atoms with Gasteiger partial charge < -0.3 is 15.0 Å². The number of para-hydroxylation sites is 1. The molecule has 1 saturated heterocycles. The molecular weight excluding hydrogens is 348 g/mol. The van der Waals surface area contributed by atoms with Crippen molar-refractivity contribution in [3.05, 3.63) is 71.3 Å². The van der Waals surface area contributed by atoms with E-state index < -0.39 is 0 Å². The molecule has 0 bridgehead atoms. The summed E-state index contributed by atoms with van der Waals surface area (Å²) >= 11 is 0. The third kappa shape index (κ3) is 2.79. The largest absolute Gasteiger partial charge is 0.497 e. The topological polar surface area (TPSA) is 41.6 Å². The Hall–Kier alpha value is -2.75. The number of rotatable bonds is 3. The summed E-state index contributed by atoms with van der Waals surface area (Å²) in [5.74, 6) is 1.86. The van der Waals surface area contributed by atoms with Gasteiger partial charge in [0, 0.05) is 19.0 Å². The average Bonchev–Trinajstić information content (AvgIpc) is 3.44. The minimum atomic E-state index is 0.163. The second-order valence-electron chi connectivity index (χ2n) is 8.02. The molecule has 0 radical (unpaired) electrons. The second kappa shape index (κ2) is 7.01. The number of likely N-dealkylation sites (tertiary alicyclic amines) is 1. The standard InChI is InChI=1S/C24H26N2O2/c1-28-17-12-10-16(11-13-17)22-19-7-4-6-18(19)20-8-5-9-21(23(20)25-22)24(27)26-14-2-3-15-26/h4-6,8-13,18-19,22,25H,2-3,7,14-15H2,1H3. The number of hydrogen-bond acceptors (Lipinski definition) is 3. The summed E-state index contributed by atoms with van der Waals surface area (Å²) in [4.78, 5) is 15.2. The van der Waals surface area contributed by atoms with Crippen LogP contribution in [0, 0.1) is 5.92 Å². The zero-order valence-corrected chi connectivity index (χ0v) is 16.2. The van der Waals surface area contributed by atoms with Crippen LogP contribution in [0.15, 0.2) is 54.6 Å². The summed E-state index contributed by atoms with van der Waals surface area (Å²) in [7, 11) is 1.69. The van der Waals surface area contributed by atoms with Gasteiger partial charge in [-0.2, -0.15) is 0 Å². The lowest BCUT2D eigenvalue weighted by Gasteiger charge is -2.38. The van der Waals surface area contributed by atoms with Gasteiger partial charge >= 0.3 is 0 Å². The average molecular weight is 374 g/mol. The summed E-state index contributed by atoms with van der Waals surface area (Å²) in [5, 5.41) is 3.77. The molecule has 2 heterocycles. The SMILES string of the molecule is COc1ccc(C2Nc3c(C(=O)N4CCCC4)cccc3C3C=CCC32)cc1. The van der Waals surface area contributed by atoms with Crippen molar-refractivity contribution in [2.45, 2.75) is 31.2 Å².